The Morgan fingerprint density at radius 3 is 1.97 bits per heavy atom. The predicted molar refractivity (Wildman–Crippen MR) is 304 cm³/mol. The second-order valence-corrected chi connectivity index (χ2v) is 19.2. The fourth-order valence-electron chi connectivity index (χ4n) is 9.29. The van der Waals surface area contributed by atoms with Gasteiger partial charge < -0.3 is 52.1 Å². The second-order valence-electron chi connectivity index (χ2n) is 19.2. The number of hydrogen-bond donors (Lipinski definition) is 7. The van der Waals surface area contributed by atoms with Gasteiger partial charge in [0.1, 0.15) is 23.3 Å². The maximum atomic E-state index is 13.0. The summed E-state index contributed by atoms with van der Waals surface area (Å²) in [6.07, 6.45) is 16.6. The van der Waals surface area contributed by atoms with Gasteiger partial charge in [0.05, 0.1) is 12.4 Å². The van der Waals surface area contributed by atoms with E-state index < -0.39 is 0 Å². The fourth-order valence-corrected chi connectivity index (χ4v) is 9.29. The largest absolute Gasteiger partial charge is 0.396 e. The Balaban J connectivity index is 0.000000208. The summed E-state index contributed by atoms with van der Waals surface area (Å²) >= 11 is 0. The van der Waals surface area contributed by atoms with E-state index in [1.165, 1.54) is 12.5 Å². The van der Waals surface area contributed by atoms with Gasteiger partial charge in [-0.15, -0.1) is 0 Å². The molecule has 75 heavy (non-hydrogen) atoms. The molecule has 9 rings (SSSR count). The van der Waals surface area contributed by atoms with E-state index in [2.05, 4.69) is 79.7 Å². The van der Waals surface area contributed by atoms with Gasteiger partial charge in [0.25, 0.3) is 5.91 Å². The molecule has 3 aromatic carbocycles. The standard InChI is InChI=1S/C32H39N9O2.C25H32N6O/c1-4-22-20-34-41-29(19-28(38-31(22)41)40-17-6-8-24(33)21-40)35-26-9-5-10-27(18-26)37-32(43)23-12-14-25(15-13-23)36-30(42)11-7-16-39(2)3;1-4-18(3)27-20-9-8-10-21(15-20)28-24-16-23(29-25-19(5-2)17-26-31(24)25)30-13-7-6-11-22(30)12-14-32/h5,7,9-15,18-20,24,35H,4,6,8,16-17,21,33H2,1-3H3,(H,36,42)(H,37,43);4,8-10,15-17,22,27-28,32H,1,3,5-7,11-14H2,2H3/b11-7+;. The molecule has 0 bridgehead atoms. The van der Waals surface area contributed by atoms with Gasteiger partial charge in [-0.05, 0) is 132 Å². The zero-order chi connectivity index (χ0) is 52.8. The zero-order valence-electron chi connectivity index (χ0n) is 43.6. The van der Waals surface area contributed by atoms with Crippen molar-refractivity contribution in [2.45, 2.75) is 77.3 Å². The number of carbonyl (C=O) groups excluding carboxylic acids is 2. The summed E-state index contributed by atoms with van der Waals surface area (Å²) in [5, 5.41) is 34.8. The number of anilines is 9. The first-order valence-corrected chi connectivity index (χ1v) is 25.9. The van der Waals surface area contributed by atoms with Gasteiger partial charge in [0, 0.05) is 114 Å². The van der Waals surface area contributed by atoms with Gasteiger partial charge in [-0.25, -0.2) is 9.97 Å². The lowest BCUT2D eigenvalue weighted by molar-refractivity contribution is -0.111. The number of allylic oxidation sites excluding steroid dienone is 1. The number of piperidine rings is 2. The molecule has 6 heterocycles. The number of aliphatic hydroxyl groups is 1. The molecule has 2 amide bonds. The number of aromatic nitrogens is 6. The van der Waals surface area contributed by atoms with Gasteiger partial charge in [0.15, 0.2) is 11.3 Å². The van der Waals surface area contributed by atoms with E-state index >= 15 is 0 Å². The van der Waals surface area contributed by atoms with Crippen LogP contribution in [0.25, 0.3) is 11.3 Å². The molecule has 7 aromatic rings. The minimum absolute atomic E-state index is 0.129. The van der Waals surface area contributed by atoms with Crippen LogP contribution in [0, 0.1) is 0 Å². The average molecular weight is 1010 g/mol. The number of nitrogens with zero attached hydrogens (tertiary/aromatic N) is 9. The molecule has 0 radical (unpaired) electrons. The van der Waals surface area contributed by atoms with Crippen molar-refractivity contribution >= 4 is 74.8 Å². The molecule has 4 aromatic heterocycles. The third kappa shape index (κ3) is 13.8. The zero-order valence-corrected chi connectivity index (χ0v) is 43.6. The lowest BCUT2D eigenvalue weighted by atomic mass is 9.99. The Morgan fingerprint density at radius 2 is 1.37 bits per heavy atom. The Morgan fingerprint density at radius 1 is 0.760 bits per heavy atom. The third-order valence-corrected chi connectivity index (χ3v) is 13.2. The summed E-state index contributed by atoms with van der Waals surface area (Å²) in [4.78, 5) is 41.6. The first kappa shape index (κ1) is 53.2. The minimum Gasteiger partial charge on any atom is -0.396 e. The van der Waals surface area contributed by atoms with Crippen LogP contribution in [0.5, 0.6) is 0 Å². The lowest BCUT2D eigenvalue weighted by Gasteiger charge is -2.36. The number of nitrogens with two attached hydrogens (primary N) is 1. The topological polar surface area (TPSA) is 211 Å². The summed E-state index contributed by atoms with van der Waals surface area (Å²) in [7, 11) is 3.87. The van der Waals surface area contributed by atoms with Gasteiger partial charge in [-0.1, -0.05) is 45.2 Å². The average Bonchev–Trinajstić information content (AvgIpc) is 4.04. The van der Waals surface area contributed by atoms with Crippen LogP contribution in [0.3, 0.4) is 0 Å². The maximum absolute atomic E-state index is 13.0. The number of fused-ring (bicyclic) bond motifs is 2. The highest BCUT2D eigenvalue weighted by Crippen LogP contribution is 2.32. The van der Waals surface area contributed by atoms with Crippen LogP contribution >= 0.6 is 0 Å². The van der Waals surface area contributed by atoms with Crippen LogP contribution in [0.15, 0.2) is 134 Å². The smallest absolute Gasteiger partial charge is 0.255 e. The fraction of sp³-hybridized carbons (Fsp3) is 0.333. The summed E-state index contributed by atoms with van der Waals surface area (Å²) in [6.45, 7) is 15.4. The quantitative estimate of drug-likeness (QED) is 0.0298. The molecule has 2 aliphatic heterocycles. The van der Waals surface area contributed by atoms with Crippen LogP contribution < -0.4 is 42.1 Å². The summed E-state index contributed by atoms with van der Waals surface area (Å²) < 4.78 is 3.69. The van der Waals surface area contributed by atoms with Gasteiger partial charge >= 0.3 is 0 Å². The van der Waals surface area contributed by atoms with E-state index in [0.717, 1.165) is 133 Å². The van der Waals surface area contributed by atoms with Crippen LogP contribution in [0.2, 0.25) is 0 Å². The first-order chi connectivity index (χ1) is 36.4. The van der Waals surface area contributed by atoms with Crippen molar-refractivity contribution in [3.05, 3.63) is 151 Å². The van der Waals surface area contributed by atoms with Gasteiger partial charge in [-0.3, -0.25) is 9.59 Å². The highest BCUT2D eigenvalue weighted by atomic mass is 16.3. The number of amides is 2. The number of benzene rings is 3. The molecule has 392 valence electrons. The van der Waals surface area contributed by atoms with Crippen LogP contribution in [0.4, 0.5) is 51.7 Å². The van der Waals surface area contributed by atoms with Crippen molar-refractivity contribution in [2.75, 3.05) is 83.3 Å². The summed E-state index contributed by atoms with van der Waals surface area (Å²) in [6, 6.07) is 26.8. The molecule has 2 unspecified atom stereocenters. The first-order valence-electron chi connectivity index (χ1n) is 25.9. The number of rotatable bonds is 19. The highest BCUT2D eigenvalue weighted by Gasteiger charge is 2.26. The maximum Gasteiger partial charge on any atom is 0.255 e. The van der Waals surface area contributed by atoms with Crippen molar-refractivity contribution in [2.24, 2.45) is 5.73 Å². The monoisotopic (exact) mass is 1010 g/mol. The molecule has 18 heteroatoms. The van der Waals surface area contributed by atoms with E-state index in [0.29, 0.717) is 29.5 Å². The molecule has 18 nitrogen and oxygen atoms in total. The number of nitrogens with one attached hydrogen (secondary N) is 5. The third-order valence-electron chi connectivity index (χ3n) is 13.2. The number of aryl methyl sites for hydroxylation is 2. The van der Waals surface area contributed by atoms with Crippen LogP contribution in [0.1, 0.15) is 73.9 Å². The highest BCUT2D eigenvalue weighted by molar-refractivity contribution is 6.05. The predicted octanol–water partition coefficient (Wildman–Crippen LogP) is 9.16. The molecular formula is C57H71N15O3. The molecule has 0 aliphatic carbocycles. The van der Waals surface area contributed by atoms with Crippen LogP contribution in [-0.2, 0) is 17.6 Å². The van der Waals surface area contributed by atoms with E-state index in [4.69, 9.17) is 15.7 Å². The van der Waals surface area contributed by atoms with Crippen molar-refractivity contribution in [1.82, 2.24) is 34.1 Å². The Kier molecular flexibility index (Phi) is 17.9. The number of carbonyl (C=O) groups is 2. The number of hydrogen-bond acceptors (Lipinski definition) is 14. The van der Waals surface area contributed by atoms with Crippen molar-refractivity contribution < 1.29 is 14.7 Å². The van der Waals surface area contributed by atoms with E-state index in [9.17, 15) is 14.7 Å². The SMILES string of the molecule is C=CC(=C)Nc1cccc(Nc2cc(N3CCCCC3CCO)nc3c(CC)cnn23)c1.CCc1cnn2c(Nc3cccc(NC(=O)c4ccc(NC(=O)/C=C/CN(C)C)cc4)c3)cc(N3CCCC(N)C3)nc12. The number of aliphatic hydroxyl groups excluding tert-OH is 1. The molecule has 0 saturated carbocycles. The molecule has 2 aliphatic rings. The van der Waals surface area contributed by atoms with Gasteiger partial charge in [-0.2, -0.15) is 19.2 Å². The van der Waals surface area contributed by atoms with E-state index in [-0.39, 0.29) is 24.5 Å². The molecule has 2 fully saturated rings. The molecule has 8 N–H and O–H groups in total. The molecular weight excluding hydrogens is 943 g/mol. The van der Waals surface area contributed by atoms with Gasteiger partial charge in [0.2, 0.25) is 5.91 Å². The van der Waals surface area contributed by atoms with Crippen molar-refractivity contribution in [3.63, 3.8) is 0 Å². The lowest BCUT2D eigenvalue weighted by Crippen LogP contribution is -2.43. The summed E-state index contributed by atoms with van der Waals surface area (Å²) in [5.41, 5.74) is 15.3. The minimum atomic E-state index is -0.254. The Hall–Kier alpha value is -8.06. The molecule has 0 spiro atoms. The van der Waals surface area contributed by atoms with Crippen molar-refractivity contribution in [1.29, 1.82) is 0 Å². The van der Waals surface area contributed by atoms with E-state index in [1.54, 1.807) is 36.4 Å². The molecule has 2 atom stereocenters. The van der Waals surface area contributed by atoms with Crippen LogP contribution in [-0.4, -0.2) is 110 Å². The molecule has 2 saturated heterocycles. The Labute approximate surface area is 439 Å². The Bertz CT molecular complexity index is 3120. The van der Waals surface area contributed by atoms with Crippen molar-refractivity contribution in [3.8, 4) is 0 Å². The van der Waals surface area contributed by atoms with E-state index in [1.807, 2.05) is 95.0 Å². The second kappa shape index (κ2) is 25.3. The number of likely N-dealkylation sites (N-methyl/N-ethyl adjacent to an activating group) is 1. The summed E-state index contributed by atoms with van der Waals surface area (Å²) in [5.74, 6) is 2.96. The normalized spacial score (nSPS) is 15.7.